The molecule has 1 saturated heterocycles. The Kier molecular flexibility index (Phi) is 4.01. The van der Waals surface area contributed by atoms with Gasteiger partial charge in [0, 0.05) is 18.6 Å². The van der Waals surface area contributed by atoms with Crippen LogP contribution in [0.5, 0.6) is 0 Å². The summed E-state index contributed by atoms with van der Waals surface area (Å²) in [5.74, 6) is 0.0674. The molecule has 1 aliphatic heterocycles. The van der Waals surface area contributed by atoms with Crippen LogP contribution in [0.3, 0.4) is 0 Å². The molecule has 5 nitrogen and oxygen atoms in total. The zero-order chi connectivity index (χ0) is 12.3. The third kappa shape index (κ3) is 2.78. The van der Waals surface area contributed by atoms with Gasteiger partial charge in [-0.1, -0.05) is 0 Å². The molecular weight excluding hydrogens is 218 g/mol. The Morgan fingerprint density at radius 3 is 2.76 bits per heavy atom. The number of likely N-dealkylation sites (N-methyl/N-ethyl adjacent to an activating group) is 1. The lowest BCUT2D eigenvalue weighted by Gasteiger charge is -2.47. The third-order valence-electron chi connectivity index (χ3n) is 4.06. The van der Waals surface area contributed by atoms with Crippen LogP contribution in [0, 0.1) is 0 Å². The van der Waals surface area contributed by atoms with E-state index in [2.05, 4.69) is 29.6 Å². The van der Waals surface area contributed by atoms with Crippen molar-refractivity contribution in [3.8, 4) is 0 Å². The molecular formula is C12H23N3O2. The van der Waals surface area contributed by atoms with Crippen molar-refractivity contribution in [3.63, 3.8) is 0 Å². The van der Waals surface area contributed by atoms with Crippen LogP contribution >= 0.6 is 0 Å². The zero-order valence-electron chi connectivity index (χ0n) is 10.8. The van der Waals surface area contributed by atoms with E-state index in [0.717, 1.165) is 13.1 Å². The van der Waals surface area contributed by atoms with Crippen LogP contribution in [-0.2, 0) is 9.53 Å². The van der Waals surface area contributed by atoms with E-state index < -0.39 is 0 Å². The summed E-state index contributed by atoms with van der Waals surface area (Å²) in [6, 6.07) is -0.178. The second kappa shape index (κ2) is 5.33. The molecule has 0 aromatic carbocycles. The van der Waals surface area contributed by atoms with Gasteiger partial charge in [0.25, 0.3) is 0 Å². The highest BCUT2D eigenvalue weighted by Crippen LogP contribution is 2.35. The minimum absolute atomic E-state index is 0.0674. The molecule has 1 amide bonds. The molecule has 0 aromatic rings. The fraction of sp³-hybridized carbons (Fsp3) is 0.917. The lowest BCUT2D eigenvalue weighted by Crippen LogP contribution is -2.60. The lowest BCUT2D eigenvalue weighted by molar-refractivity contribution is -0.126. The van der Waals surface area contributed by atoms with Crippen LogP contribution < -0.4 is 10.6 Å². The van der Waals surface area contributed by atoms with Gasteiger partial charge in [0.1, 0.15) is 6.04 Å². The summed E-state index contributed by atoms with van der Waals surface area (Å²) < 4.78 is 5.29. The van der Waals surface area contributed by atoms with Crippen LogP contribution in [-0.4, -0.2) is 62.8 Å². The number of morpholine rings is 1. The number of hydrogen-bond acceptors (Lipinski definition) is 4. The summed E-state index contributed by atoms with van der Waals surface area (Å²) in [6.45, 7) is 2.69. The Morgan fingerprint density at radius 2 is 2.29 bits per heavy atom. The zero-order valence-corrected chi connectivity index (χ0v) is 10.8. The molecule has 98 valence electrons. The van der Waals surface area contributed by atoms with Crippen molar-refractivity contribution in [1.29, 1.82) is 0 Å². The molecule has 2 rings (SSSR count). The molecule has 1 unspecified atom stereocenters. The Balaban J connectivity index is 1.78. The predicted octanol–water partition coefficient (Wildman–Crippen LogP) is -0.425. The van der Waals surface area contributed by atoms with Crippen molar-refractivity contribution in [2.75, 3.05) is 40.4 Å². The van der Waals surface area contributed by atoms with Crippen LogP contribution in [0.2, 0.25) is 0 Å². The van der Waals surface area contributed by atoms with Gasteiger partial charge in [-0.25, -0.2) is 0 Å². The predicted molar refractivity (Wildman–Crippen MR) is 65.9 cm³/mol. The van der Waals surface area contributed by atoms with Gasteiger partial charge >= 0.3 is 0 Å². The molecule has 0 spiro atoms. The quantitative estimate of drug-likeness (QED) is 0.701. The first-order chi connectivity index (χ1) is 8.14. The Hall–Kier alpha value is -0.650. The van der Waals surface area contributed by atoms with Crippen molar-refractivity contribution in [2.45, 2.75) is 30.8 Å². The van der Waals surface area contributed by atoms with Crippen LogP contribution in [0.25, 0.3) is 0 Å². The molecule has 1 heterocycles. The average Bonchev–Trinajstić information content (AvgIpc) is 2.28. The molecule has 2 fully saturated rings. The fourth-order valence-corrected chi connectivity index (χ4v) is 2.48. The number of carbonyl (C=O) groups excluding carboxylic acids is 1. The molecule has 0 aromatic heterocycles. The van der Waals surface area contributed by atoms with Gasteiger partial charge in [-0.3, -0.25) is 4.79 Å². The molecule has 1 aliphatic carbocycles. The maximum atomic E-state index is 11.9. The number of rotatable bonds is 4. The second-order valence-corrected chi connectivity index (χ2v) is 5.27. The van der Waals surface area contributed by atoms with Crippen molar-refractivity contribution >= 4 is 5.91 Å². The van der Waals surface area contributed by atoms with Gasteiger partial charge in [-0.2, -0.15) is 0 Å². The summed E-state index contributed by atoms with van der Waals surface area (Å²) in [5, 5.41) is 6.22. The number of nitrogens with one attached hydrogen (secondary N) is 2. The Bertz CT molecular complexity index is 271. The van der Waals surface area contributed by atoms with Gasteiger partial charge in [-0.05, 0) is 33.4 Å². The van der Waals surface area contributed by atoms with Crippen LogP contribution in [0.4, 0.5) is 0 Å². The minimum Gasteiger partial charge on any atom is -0.378 e. The summed E-state index contributed by atoms with van der Waals surface area (Å²) in [4.78, 5) is 14.2. The monoisotopic (exact) mass is 241 g/mol. The molecule has 0 bridgehead atoms. The van der Waals surface area contributed by atoms with E-state index in [1.807, 2.05) is 0 Å². The number of amides is 1. The van der Waals surface area contributed by atoms with Crippen LogP contribution in [0.15, 0.2) is 0 Å². The smallest absolute Gasteiger partial charge is 0.239 e. The highest BCUT2D eigenvalue weighted by Gasteiger charge is 2.39. The van der Waals surface area contributed by atoms with Gasteiger partial charge < -0.3 is 20.3 Å². The van der Waals surface area contributed by atoms with Gasteiger partial charge in [0.05, 0.1) is 13.2 Å². The Labute approximate surface area is 103 Å². The number of ether oxygens (including phenoxy) is 1. The maximum absolute atomic E-state index is 11.9. The summed E-state index contributed by atoms with van der Waals surface area (Å²) in [7, 11) is 4.18. The molecule has 2 aliphatic rings. The van der Waals surface area contributed by atoms with Crippen molar-refractivity contribution in [2.24, 2.45) is 0 Å². The maximum Gasteiger partial charge on any atom is 0.239 e. The first-order valence-corrected chi connectivity index (χ1v) is 6.40. The second-order valence-electron chi connectivity index (χ2n) is 5.27. The van der Waals surface area contributed by atoms with E-state index in [1.165, 1.54) is 19.3 Å². The number of hydrogen-bond donors (Lipinski definition) is 2. The topological polar surface area (TPSA) is 53.6 Å². The van der Waals surface area contributed by atoms with Crippen molar-refractivity contribution in [3.05, 3.63) is 0 Å². The SMILES string of the molecule is CN(C)C1(CNC(=O)C2COCCN2)CCC1. The summed E-state index contributed by atoms with van der Waals surface area (Å²) >= 11 is 0. The molecule has 5 heteroatoms. The highest BCUT2D eigenvalue weighted by molar-refractivity contribution is 5.82. The van der Waals surface area contributed by atoms with E-state index >= 15 is 0 Å². The summed E-state index contributed by atoms with van der Waals surface area (Å²) in [6.07, 6.45) is 3.61. The van der Waals surface area contributed by atoms with Crippen LogP contribution in [0.1, 0.15) is 19.3 Å². The van der Waals surface area contributed by atoms with Crippen molar-refractivity contribution < 1.29 is 9.53 Å². The van der Waals surface area contributed by atoms with E-state index in [4.69, 9.17) is 4.74 Å². The van der Waals surface area contributed by atoms with Gasteiger partial charge in [0.2, 0.25) is 5.91 Å². The largest absolute Gasteiger partial charge is 0.378 e. The van der Waals surface area contributed by atoms with E-state index in [1.54, 1.807) is 0 Å². The Morgan fingerprint density at radius 1 is 1.53 bits per heavy atom. The highest BCUT2D eigenvalue weighted by atomic mass is 16.5. The van der Waals surface area contributed by atoms with Gasteiger partial charge in [0.15, 0.2) is 0 Å². The fourth-order valence-electron chi connectivity index (χ4n) is 2.48. The first-order valence-electron chi connectivity index (χ1n) is 6.40. The van der Waals surface area contributed by atoms with Gasteiger partial charge in [-0.15, -0.1) is 0 Å². The average molecular weight is 241 g/mol. The molecule has 1 saturated carbocycles. The summed E-state index contributed by atoms with van der Waals surface area (Å²) in [5.41, 5.74) is 0.186. The molecule has 0 radical (unpaired) electrons. The third-order valence-corrected chi connectivity index (χ3v) is 4.06. The van der Waals surface area contributed by atoms with E-state index in [0.29, 0.717) is 13.2 Å². The first kappa shape index (κ1) is 12.8. The van der Waals surface area contributed by atoms with E-state index in [-0.39, 0.29) is 17.5 Å². The molecule has 2 N–H and O–H groups in total. The number of carbonyl (C=O) groups is 1. The molecule has 17 heavy (non-hydrogen) atoms. The normalized spacial score (nSPS) is 27.6. The lowest BCUT2D eigenvalue weighted by atomic mass is 9.75. The molecule has 1 atom stereocenters. The minimum atomic E-state index is -0.178. The standard InChI is InChI=1S/C12H23N3O2/c1-15(2)12(4-3-5-12)9-14-11(16)10-8-17-7-6-13-10/h10,13H,3-9H2,1-2H3,(H,14,16). The van der Waals surface area contributed by atoms with E-state index in [9.17, 15) is 4.79 Å². The number of nitrogens with zero attached hydrogens (tertiary/aromatic N) is 1. The van der Waals surface area contributed by atoms with Crippen molar-refractivity contribution in [1.82, 2.24) is 15.5 Å².